The number of amides is 1. The number of pyridine rings is 1. The Hall–Kier alpha value is -1.62. The van der Waals surface area contributed by atoms with E-state index in [0.717, 1.165) is 18.7 Å². The van der Waals surface area contributed by atoms with Gasteiger partial charge in [-0.2, -0.15) is 0 Å². The number of rotatable bonds is 7. The van der Waals surface area contributed by atoms with Crippen molar-refractivity contribution in [1.29, 1.82) is 0 Å². The maximum absolute atomic E-state index is 12.4. The van der Waals surface area contributed by atoms with Gasteiger partial charge in [-0.15, -0.1) is 0 Å². The number of carbonyl (C=O) groups excluding carboxylic acids is 1. The van der Waals surface area contributed by atoms with Crippen LogP contribution in [0.25, 0.3) is 0 Å². The summed E-state index contributed by atoms with van der Waals surface area (Å²) in [5.74, 6) is 0.791. The Balaban J connectivity index is 2.02. The molecule has 0 radical (unpaired) electrons. The Morgan fingerprint density at radius 3 is 2.65 bits per heavy atom. The van der Waals surface area contributed by atoms with Gasteiger partial charge in [0.25, 0.3) is 5.91 Å². The zero-order valence-corrected chi connectivity index (χ0v) is 14.6. The van der Waals surface area contributed by atoms with E-state index in [1.54, 1.807) is 12.3 Å². The van der Waals surface area contributed by atoms with Crippen molar-refractivity contribution in [2.75, 3.05) is 18.5 Å². The molecule has 1 amide bonds. The summed E-state index contributed by atoms with van der Waals surface area (Å²) in [5, 5.41) is 2.97. The predicted molar refractivity (Wildman–Crippen MR) is 94.7 cm³/mol. The molecule has 0 atom stereocenters. The van der Waals surface area contributed by atoms with Crippen molar-refractivity contribution < 1.29 is 4.79 Å². The van der Waals surface area contributed by atoms with E-state index in [9.17, 15) is 4.79 Å². The molecule has 5 nitrogen and oxygen atoms in total. The van der Waals surface area contributed by atoms with E-state index in [0.29, 0.717) is 18.2 Å². The molecule has 1 aliphatic carbocycles. The number of anilines is 1. The van der Waals surface area contributed by atoms with Gasteiger partial charge < -0.3 is 16.0 Å². The van der Waals surface area contributed by atoms with Crippen LogP contribution in [0.5, 0.6) is 0 Å². The number of nitrogens with one attached hydrogen (secondary N) is 1. The number of carbonyl (C=O) groups is 1. The molecule has 0 unspecified atom stereocenters. The minimum atomic E-state index is -0.327. The topological polar surface area (TPSA) is 71.2 Å². The smallest absolute Gasteiger partial charge is 0.251 e. The lowest BCUT2D eigenvalue weighted by atomic mass is 9.94. The van der Waals surface area contributed by atoms with Crippen LogP contribution < -0.4 is 16.0 Å². The molecule has 23 heavy (non-hydrogen) atoms. The van der Waals surface area contributed by atoms with E-state index < -0.39 is 0 Å². The highest BCUT2D eigenvalue weighted by molar-refractivity contribution is 5.94. The van der Waals surface area contributed by atoms with Crippen LogP contribution in [0.2, 0.25) is 0 Å². The minimum Gasteiger partial charge on any atom is -0.357 e. The van der Waals surface area contributed by atoms with E-state index in [1.165, 1.54) is 25.7 Å². The fourth-order valence-corrected chi connectivity index (χ4v) is 3.09. The summed E-state index contributed by atoms with van der Waals surface area (Å²) < 4.78 is 0. The molecule has 1 saturated carbocycles. The van der Waals surface area contributed by atoms with Crippen molar-refractivity contribution in [1.82, 2.24) is 10.3 Å². The van der Waals surface area contributed by atoms with Crippen LogP contribution in [0.3, 0.4) is 0 Å². The average Bonchev–Trinajstić information content (AvgIpc) is 3.13. The molecule has 1 heterocycles. The molecule has 1 fully saturated rings. The maximum Gasteiger partial charge on any atom is 0.251 e. The first-order valence-corrected chi connectivity index (χ1v) is 8.75. The van der Waals surface area contributed by atoms with Gasteiger partial charge in [-0.1, -0.05) is 26.7 Å². The Labute approximate surface area is 139 Å². The van der Waals surface area contributed by atoms with E-state index >= 15 is 0 Å². The molecule has 2 rings (SSSR count). The van der Waals surface area contributed by atoms with Gasteiger partial charge in [-0.25, -0.2) is 4.98 Å². The van der Waals surface area contributed by atoms with E-state index in [1.807, 2.05) is 6.07 Å². The Morgan fingerprint density at radius 2 is 2.04 bits per heavy atom. The van der Waals surface area contributed by atoms with Crippen molar-refractivity contribution in [2.24, 2.45) is 5.73 Å². The number of nitrogens with two attached hydrogens (primary N) is 1. The van der Waals surface area contributed by atoms with E-state index in [2.05, 4.69) is 36.1 Å². The largest absolute Gasteiger partial charge is 0.357 e. The summed E-state index contributed by atoms with van der Waals surface area (Å²) in [5.41, 5.74) is 6.57. The first-order chi connectivity index (χ1) is 11.0. The fraction of sp³-hybridized carbons (Fsp3) is 0.667. The molecule has 0 bridgehead atoms. The van der Waals surface area contributed by atoms with Gasteiger partial charge in [0.2, 0.25) is 0 Å². The Kier molecular flexibility index (Phi) is 5.99. The number of nitrogens with zero attached hydrogens (tertiary/aromatic N) is 2. The molecule has 128 valence electrons. The van der Waals surface area contributed by atoms with Gasteiger partial charge >= 0.3 is 0 Å². The van der Waals surface area contributed by atoms with Crippen LogP contribution in [-0.2, 0) is 0 Å². The summed E-state index contributed by atoms with van der Waals surface area (Å²) in [6.07, 6.45) is 8.37. The SMILES string of the molecule is CCC(N)(CC)CNC(=O)c1ccnc(N(C)C2CCCC2)c1. The van der Waals surface area contributed by atoms with Crippen LogP contribution in [0.1, 0.15) is 62.7 Å². The maximum atomic E-state index is 12.4. The third kappa shape index (κ3) is 4.44. The summed E-state index contributed by atoms with van der Waals surface area (Å²) >= 11 is 0. The van der Waals surface area contributed by atoms with E-state index in [-0.39, 0.29) is 11.4 Å². The molecule has 0 saturated heterocycles. The van der Waals surface area contributed by atoms with Gasteiger partial charge in [0.05, 0.1) is 0 Å². The number of hydrogen-bond donors (Lipinski definition) is 2. The summed E-state index contributed by atoms with van der Waals surface area (Å²) in [6, 6.07) is 4.18. The quantitative estimate of drug-likeness (QED) is 0.811. The third-order valence-electron chi connectivity index (χ3n) is 5.25. The van der Waals surface area contributed by atoms with Crippen LogP contribution in [0.15, 0.2) is 18.3 Å². The van der Waals surface area contributed by atoms with Crippen molar-refractivity contribution in [3.05, 3.63) is 23.9 Å². The molecule has 0 aliphatic heterocycles. The highest BCUT2D eigenvalue weighted by atomic mass is 16.1. The van der Waals surface area contributed by atoms with Gasteiger partial charge in [-0.3, -0.25) is 4.79 Å². The highest BCUT2D eigenvalue weighted by Crippen LogP contribution is 2.26. The predicted octanol–water partition coefficient (Wildman–Crippen LogP) is 2.71. The van der Waals surface area contributed by atoms with E-state index in [4.69, 9.17) is 5.73 Å². The number of hydrogen-bond acceptors (Lipinski definition) is 4. The van der Waals surface area contributed by atoms with Gasteiger partial charge in [-0.05, 0) is 37.8 Å². The molecule has 0 aromatic carbocycles. The minimum absolute atomic E-state index is 0.0785. The van der Waals surface area contributed by atoms with Crippen molar-refractivity contribution >= 4 is 11.7 Å². The normalized spacial score (nSPS) is 15.7. The van der Waals surface area contributed by atoms with Crippen LogP contribution in [0, 0.1) is 0 Å². The van der Waals surface area contributed by atoms with Crippen LogP contribution in [0.4, 0.5) is 5.82 Å². The molecular weight excluding hydrogens is 288 g/mol. The fourth-order valence-electron chi connectivity index (χ4n) is 3.09. The lowest BCUT2D eigenvalue weighted by Gasteiger charge is -2.27. The second-order valence-electron chi connectivity index (χ2n) is 6.70. The van der Waals surface area contributed by atoms with Crippen LogP contribution in [-0.4, -0.2) is 36.1 Å². The van der Waals surface area contributed by atoms with Crippen LogP contribution >= 0.6 is 0 Å². The summed E-state index contributed by atoms with van der Waals surface area (Å²) in [4.78, 5) is 19.0. The molecule has 3 N–H and O–H groups in total. The zero-order valence-electron chi connectivity index (χ0n) is 14.6. The van der Waals surface area contributed by atoms with Gasteiger partial charge in [0, 0.05) is 36.9 Å². The molecule has 1 aliphatic rings. The first kappa shape index (κ1) is 17.7. The monoisotopic (exact) mass is 318 g/mol. The first-order valence-electron chi connectivity index (χ1n) is 8.75. The summed E-state index contributed by atoms with van der Waals surface area (Å²) in [7, 11) is 2.07. The number of aromatic nitrogens is 1. The highest BCUT2D eigenvalue weighted by Gasteiger charge is 2.23. The Morgan fingerprint density at radius 1 is 1.39 bits per heavy atom. The van der Waals surface area contributed by atoms with Crippen molar-refractivity contribution in [3.63, 3.8) is 0 Å². The van der Waals surface area contributed by atoms with Crippen molar-refractivity contribution in [2.45, 2.75) is 64.0 Å². The molecule has 5 heteroatoms. The standard InChI is InChI=1S/C18H30N4O/c1-4-18(19,5-2)13-21-17(23)14-10-11-20-16(12-14)22(3)15-8-6-7-9-15/h10-12,15H,4-9,13,19H2,1-3H3,(H,21,23). The Bertz CT molecular complexity index is 522. The summed E-state index contributed by atoms with van der Waals surface area (Å²) in [6.45, 7) is 4.60. The second kappa shape index (κ2) is 7.77. The van der Waals surface area contributed by atoms with Crippen molar-refractivity contribution in [3.8, 4) is 0 Å². The van der Waals surface area contributed by atoms with Gasteiger partial charge in [0.15, 0.2) is 0 Å². The molecule has 1 aromatic rings. The third-order valence-corrected chi connectivity index (χ3v) is 5.25. The molecular formula is C18H30N4O. The lowest BCUT2D eigenvalue weighted by molar-refractivity contribution is 0.0942. The lowest BCUT2D eigenvalue weighted by Crippen LogP contribution is -2.49. The molecule has 1 aromatic heterocycles. The second-order valence-corrected chi connectivity index (χ2v) is 6.70. The average molecular weight is 318 g/mol. The van der Waals surface area contributed by atoms with Gasteiger partial charge in [0.1, 0.15) is 5.82 Å². The zero-order chi connectivity index (χ0) is 16.9. The molecule has 0 spiro atoms.